The molecule has 3 aliphatic rings. The van der Waals surface area contributed by atoms with Gasteiger partial charge < -0.3 is 89.9 Å². The zero-order valence-electron chi connectivity index (χ0n) is 64.4. The molecule has 0 spiro atoms. The van der Waals surface area contributed by atoms with Crippen LogP contribution >= 0.6 is 0 Å². The van der Waals surface area contributed by atoms with Gasteiger partial charge in [0.25, 0.3) is 0 Å². The molecule has 3 rings (SSSR count). The highest BCUT2D eigenvalue weighted by atomic mass is 16.8. The van der Waals surface area contributed by atoms with Gasteiger partial charge in [0.1, 0.15) is 73.2 Å². The molecule has 0 bridgehead atoms. The van der Waals surface area contributed by atoms with Crippen molar-refractivity contribution in [3.63, 3.8) is 0 Å². The normalized spacial score (nSPS) is 26.5. The minimum absolute atomic E-state index is 0.246. The van der Waals surface area contributed by atoms with Crippen LogP contribution in [0.5, 0.6) is 0 Å². The first kappa shape index (κ1) is 95.1. The van der Waals surface area contributed by atoms with Crippen molar-refractivity contribution in [2.45, 2.75) is 375 Å². The second kappa shape index (κ2) is 64.7. The van der Waals surface area contributed by atoms with Gasteiger partial charge in [-0.05, 0) is 96.3 Å². The van der Waals surface area contributed by atoms with Gasteiger partial charge in [-0.3, -0.25) is 4.79 Å². The highest BCUT2D eigenvalue weighted by Gasteiger charge is 2.54. The van der Waals surface area contributed by atoms with E-state index in [4.69, 9.17) is 28.4 Å². The van der Waals surface area contributed by atoms with Crippen LogP contribution in [0.3, 0.4) is 0 Å². The Labute approximate surface area is 632 Å². The van der Waals surface area contributed by atoms with Crippen molar-refractivity contribution in [3.05, 3.63) is 134 Å². The van der Waals surface area contributed by atoms with Crippen LogP contribution in [0, 0.1) is 0 Å². The summed E-state index contributed by atoms with van der Waals surface area (Å²) in [6.07, 6.45) is 65.3. The largest absolute Gasteiger partial charge is 0.394 e. The van der Waals surface area contributed by atoms with E-state index in [1.807, 2.05) is 0 Å². The Morgan fingerprint density at radius 1 is 0.352 bits per heavy atom. The molecule has 0 aromatic rings. The number of carbonyl (C=O) groups is 1. The molecule has 19 nitrogen and oxygen atoms in total. The number of hydrogen-bond acceptors (Lipinski definition) is 18. The first-order valence-electron chi connectivity index (χ1n) is 40.9. The molecule has 0 aromatic heterocycles. The lowest BCUT2D eigenvalue weighted by atomic mass is 9.96. The molecule has 19 heteroatoms. The predicted molar refractivity (Wildman–Crippen MR) is 419 cm³/mol. The van der Waals surface area contributed by atoms with Gasteiger partial charge in [-0.1, -0.05) is 302 Å². The Bertz CT molecular complexity index is 2420. The molecule has 3 saturated heterocycles. The molecule has 0 radical (unpaired) electrons. The molecular weight excluding hydrogens is 1330 g/mol. The van der Waals surface area contributed by atoms with E-state index < -0.39 is 124 Å². The number of ether oxygens (including phenoxy) is 6. The first-order valence-corrected chi connectivity index (χ1v) is 40.9. The third kappa shape index (κ3) is 44.4. The minimum Gasteiger partial charge on any atom is -0.394 e. The molecular formula is C86H145NO18. The Kier molecular flexibility index (Phi) is 58.6. The van der Waals surface area contributed by atoms with Crippen molar-refractivity contribution < 1.29 is 89.4 Å². The number of hydrogen-bond donors (Lipinski definition) is 12. The number of amides is 1. The Morgan fingerprint density at radius 2 is 0.657 bits per heavy atom. The number of allylic oxidation sites excluding steroid dienone is 22. The molecule has 0 aromatic carbocycles. The topological polar surface area (TPSA) is 307 Å². The molecule has 0 saturated carbocycles. The standard InChI is InChI=1S/C86H145NO18/c1-3-5-7-9-11-13-15-17-19-21-23-24-25-26-27-28-29-30-31-32-33-34-35-36-37-38-39-40-41-42-43-44-46-48-50-52-54-56-58-60-62-64-74(92)87-69(70(91)63-61-59-57-55-53-51-49-47-45-22-20-18-16-14-12-10-8-6-4-2)68-100-84-80(98)77(95)82(72(66-89)102-84)105-86-81(99)78(96)83(73(67-90)103-86)104-85-79(97)76(94)75(93)71(65-88)101-85/h5,7,11,13,17,19,23-24,26-27,29-30,32-33,35-36,38-39,41-42,44,46,69-73,75-86,88-91,93-99H,3-4,6,8-10,12,14-16,18,20-22,25,28,31,34,37,40,43,45,47-68H2,1-2H3,(H,87,92)/b7-5-,13-11-,19-17-,24-23-,27-26-,30-29-,33-32-,36-35-,39-38-,42-41-,46-44-. The lowest BCUT2D eigenvalue weighted by Gasteiger charge is -2.48. The summed E-state index contributed by atoms with van der Waals surface area (Å²) in [6.45, 7) is 1.69. The van der Waals surface area contributed by atoms with Crippen LogP contribution in [0.2, 0.25) is 0 Å². The summed E-state index contributed by atoms with van der Waals surface area (Å²) >= 11 is 0. The maximum Gasteiger partial charge on any atom is 0.220 e. The van der Waals surface area contributed by atoms with Crippen LogP contribution in [0.15, 0.2) is 134 Å². The molecule has 3 heterocycles. The highest BCUT2D eigenvalue weighted by molar-refractivity contribution is 5.76. The highest BCUT2D eigenvalue weighted by Crippen LogP contribution is 2.33. The smallest absolute Gasteiger partial charge is 0.220 e. The van der Waals surface area contributed by atoms with Crippen molar-refractivity contribution in [3.8, 4) is 0 Å². The first-order chi connectivity index (χ1) is 51.3. The van der Waals surface area contributed by atoms with Gasteiger partial charge in [0.15, 0.2) is 18.9 Å². The van der Waals surface area contributed by atoms with Crippen LogP contribution in [0.25, 0.3) is 0 Å². The maximum atomic E-state index is 13.5. The van der Waals surface area contributed by atoms with E-state index in [9.17, 15) is 61.0 Å². The van der Waals surface area contributed by atoms with Gasteiger partial charge in [-0.2, -0.15) is 0 Å². The Morgan fingerprint density at radius 3 is 1.03 bits per heavy atom. The van der Waals surface area contributed by atoms with E-state index in [2.05, 4.69) is 153 Å². The molecule has 1 amide bonds. The summed E-state index contributed by atoms with van der Waals surface area (Å²) in [5.74, 6) is -0.257. The van der Waals surface area contributed by atoms with Gasteiger partial charge in [-0.15, -0.1) is 0 Å². The van der Waals surface area contributed by atoms with Crippen molar-refractivity contribution >= 4 is 5.91 Å². The summed E-state index contributed by atoms with van der Waals surface area (Å²) < 4.78 is 34.5. The average Bonchev–Trinajstić information content (AvgIpc) is 0.781. The summed E-state index contributed by atoms with van der Waals surface area (Å²) in [6, 6.07) is -0.904. The van der Waals surface area contributed by atoms with Crippen molar-refractivity contribution in [2.24, 2.45) is 0 Å². The summed E-state index contributed by atoms with van der Waals surface area (Å²) in [4.78, 5) is 13.5. The fraction of sp³-hybridized carbons (Fsp3) is 0.733. The summed E-state index contributed by atoms with van der Waals surface area (Å²) in [5, 5.41) is 121. The van der Waals surface area contributed by atoms with E-state index >= 15 is 0 Å². The van der Waals surface area contributed by atoms with E-state index in [1.54, 1.807) is 0 Å². The molecule has 105 heavy (non-hydrogen) atoms. The fourth-order valence-corrected chi connectivity index (χ4v) is 13.0. The number of nitrogens with one attached hydrogen (secondary N) is 1. The fourth-order valence-electron chi connectivity index (χ4n) is 13.0. The molecule has 0 aliphatic carbocycles. The van der Waals surface area contributed by atoms with Gasteiger partial charge in [-0.25, -0.2) is 0 Å². The maximum absolute atomic E-state index is 13.5. The van der Waals surface area contributed by atoms with Crippen molar-refractivity contribution in [1.29, 1.82) is 0 Å². The Balaban J connectivity index is 1.34. The third-order valence-electron chi connectivity index (χ3n) is 19.5. The predicted octanol–water partition coefficient (Wildman–Crippen LogP) is 14.1. The number of rotatable bonds is 63. The van der Waals surface area contributed by atoms with Crippen molar-refractivity contribution in [1.82, 2.24) is 5.32 Å². The SMILES string of the molecule is CC/C=C\C/C=C\C/C=C\C/C=C\C/C=C\C/C=C\C/C=C\C/C=C\C/C=C\C/C=C\C/C=C\CCCCCCCCCC(=O)NC(COC1OC(CO)C(OC2OC(CO)C(OC3OC(CO)C(O)C(O)C3O)C(O)C2O)C(O)C1O)C(O)CCCCCCCCCCCCCCCCCCCCC. The lowest BCUT2D eigenvalue weighted by molar-refractivity contribution is -0.379. The number of carbonyl (C=O) groups excluding carboxylic acids is 1. The molecule has 17 unspecified atom stereocenters. The van der Waals surface area contributed by atoms with E-state index in [0.717, 1.165) is 141 Å². The summed E-state index contributed by atoms with van der Waals surface area (Å²) in [5.41, 5.74) is 0. The lowest BCUT2D eigenvalue weighted by Crippen LogP contribution is -2.66. The third-order valence-corrected chi connectivity index (χ3v) is 19.5. The van der Waals surface area contributed by atoms with Gasteiger partial charge >= 0.3 is 0 Å². The quantitative estimate of drug-likeness (QED) is 0.0199. The second-order valence-corrected chi connectivity index (χ2v) is 28.5. The molecule has 17 atom stereocenters. The number of unbranched alkanes of at least 4 members (excludes halogenated alkanes) is 25. The van der Waals surface area contributed by atoms with Crippen LogP contribution in [-0.2, 0) is 33.2 Å². The van der Waals surface area contributed by atoms with Gasteiger partial charge in [0, 0.05) is 6.42 Å². The van der Waals surface area contributed by atoms with Crippen LogP contribution in [0.4, 0.5) is 0 Å². The second-order valence-electron chi connectivity index (χ2n) is 28.5. The van der Waals surface area contributed by atoms with Crippen LogP contribution in [0.1, 0.15) is 271 Å². The number of aliphatic hydroxyl groups excluding tert-OH is 11. The van der Waals surface area contributed by atoms with E-state index in [0.29, 0.717) is 12.8 Å². The molecule has 3 fully saturated rings. The summed E-state index contributed by atoms with van der Waals surface area (Å²) in [7, 11) is 0. The monoisotopic (exact) mass is 1480 g/mol. The van der Waals surface area contributed by atoms with E-state index in [-0.39, 0.29) is 18.9 Å². The van der Waals surface area contributed by atoms with Crippen LogP contribution in [-0.4, -0.2) is 193 Å². The minimum atomic E-state index is -1.98. The molecule has 602 valence electrons. The van der Waals surface area contributed by atoms with E-state index in [1.165, 1.54) is 96.3 Å². The Hall–Kier alpha value is -4.07. The van der Waals surface area contributed by atoms with Crippen LogP contribution < -0.4 is 5.32 Å². The zero-order valence-corrected chi connectivity index (χ0v) is 64.4. The molecule has 12 N–H and O–H groups in total. The molecule has 3 aliphatic heterocycles. The number of aliphatic hydroxyl groups is 11. The van der Waals surface area contributed by atoms with Crippen molar-refractivity contribution in [2.75, 3.05) is 26.4 Å². The van der Waals surface area contributed by atoms with Gasteiger partial charge in [0.05, 0.1) is 38.6 Å². The average molecular weight is 1480 g/mol. The zero-order chi connectivity index (χ0) is 76.0. The van der Waals surface area contributed by atoms with Gasteiger partial charge in [0.2, 0.25) is 5.91 Å².